The van der Waals surface area contributed by atoms with Crippen molar-refractivity contribution in [3.63, 3.8) is 0 Å². The second kappa shape index (κ2) is 6.90. The van der Waals surface area contributed by atoms with Crippen molar-refractivity contribution in [1.82, 2.24) is 14.9 Å². The van der Waals surface area contributed by atoms with E-state index in [1.54, 1.807) is 6.20 Å². The largest absolute Gasteiger partial charge is 0.485 e. The van der Waals surface area contributed by atoms with Crippen molar-refractivity contribution in [2.75, 3.05) is 7.05 Å². The van der Waals surface area contributed by atoms with Crippen LogP contribution in [0.4, 0.5) is 0 Å². The fourth-order valence-corrected chi connectivity index (χ4v) is 2.43. The Hall–Kier alpha value is -1.33. The zero-order valence-corrected chi connectivity index (χ0v) is 13.6. The summed E-state index contributed by atoms with van der Waals surface area (Å²) in [6.07, 6.45) is 3.78. The van der Waals surface area contributed by atoms with Gasteiger partial charge in [-0.15, -0.1) is 0 Å². The molecular weight excluding hydrogens is 318 g/mol. The number of aryl methyl sites for hydroxylation is 1. The van der Waals surface area contributed by atoms with E-state index in [0.29, 0.717) is 6.61 Å². The van der Waals surface area contributed by atoms with Gasteiger partial charge in [-0.05, 0) is 39.1 Å². The smallest absolute Gasteiger partial charge is 0.146 e. The minimum atomic E-state index is 0.230. The van der Waals surface area contributed by atoms with E-state index in [1.165, 1.54) is 0 Å². The molecule has 20 heavy (non-hydrogen) atoms. The normalized spacial score (nSPS) is 12.4. The van der Waals surface area contributed by atoms with E-state index >= 15 is 0 Å². The Morgan fingerprint density at radius 1 is 1.45 bits per heavy atom. The van der Waals surface area contributed by atoms with Crippen LogP contribution >= 0.6 is 15.9 Å². The number of nitrogens with one attached hydrogen (secondary N) is 1. The Labute approximate surface area is 128 Å². The summed E-state index contributed by atoms with van der Waals surface area (Å²) in [5.74, 6) is 1.83. The van der Waals surface area contributed by atoms with E-state index in [2.05, 4.69) is 50.7 Å². The molecule has 0 saturated carbocycles. The summed E-state index contributed by atoms with van der Waals surface area (Å²) in [4.78, 5) is 4.33. The summed E-state index contributed by atoms with van der Waals surface area (Å²) in [6.45, 7) is 5.59. The Morgan fingerprint density at radius 2 is 2.25 bits per heavy atom. The first-order valence-corrected chi connectivity index (χ1v) is 7.54. The summed E-state index contributed by atoms with van der Waals surface area (Å²) in [5.41, 5.74) is 1.14. The minimum Gasteiger partial charge on any atom is -0.485 e. The van der Waals surface area contributed by atoms with Gasteiger partial charge in [0.1, 0.15) is 18.2 Å². The van der Waals surface area contributed by atoms with E-state index < -0.39 is 0 Å². The van der Waals surface area contributed by atoms with Crippen molar-refractivity contribution in [3.8, 4) is 5.75 Å². The SMILES string of the molecule is CCn1ccnc1COc1ccc(Br)cc1C(C)NC. The Morgan fingerprint density at radius 3 is 2.95 bits per heavy atom. The van der Waals surface area contributed by atoms with E-state index in [4.69, 9.17) is 4.74 Å². The van der Waals surface area contributed by atoms with Gasteiger partial charge in [-0.2, -0.15) is 0 Å². The average molecular weight is 338 g/mol. The van der Waals surface area contributed by atoms with Crippen LogP contribution < -0.4 is 10.1 Å². The van der Waals surface area contributed by atoms with Gasteiger partial charge in [-0.25, -0.2) is 4.98 Å². The molecule has 0 radical (unpaired) electrons. The lowest BCUT2D eigenvalue weighted by molar-refractivity contribution is 0.284. The maximum atomic E-state index is 5.96. The van der Waals surface area contributed by atoms with Crippen molar-refractivity contribution in [3.05, 3.63) is 46.5 Å². The highest BCUT2D eigenvalue weighted by Crippen LogP contribution is 2.29. The molecule has 0 saturated heterocycles. The van der Waals surface area contributed by atoms with Crippen LogP contribution in [0.5, 0.6) is 5.75 Å². The number of halogens is 1. The van der Waals surface area contributed by atoms with Crippen LogP contribution in [-0.2, 0) is 13.2 Å². The molecule has 1 atom stereocenters. The Balaban J connectivity index is 2.17. The van der Waals surface area contributed by atoms with Crippen LogP contribution in [0, 0.1) is 0 Å². The van der Waals surface area contributed by atoms with Gasteiger partial charge in [-0.3, -0.25) is 0 Å². The number of hydrogen-bond donors (Lipinski definition) is 1. The third-order valence-electron chi connectivity index (χ3n) is 3.37. The van der Waals surface area contributed by atoms with Gasteiger partial charge in [0.25, 0.3) is 0 Å². The van der Waals surface area contributed by atoms with Crippen molar-refractivity contribution < 1.29 is 4.74 Å². The fourth-order valence-electron chi connectivity index (χ4n) is 2.06. The van der Waals surface area contributed by atoms with Crippen LogP contribution in [0.3, 0.4) is 0 Å². The zero-order chi connectivity index (χ0) is 14.5. The van der Waals surface area contributed by atoms with Gasteiger partial charge in [0, 0.05) is 35.0 Å². The van der Waals surface area contributed by atoms with E-state index in [9.17, 15) is 0 Å². The van der Waals surface area contributed by atoms with Crippen LogP contribution in [-0.4, -0.2) is 16.6 Å². The van der Waals surface area contributed by atoms with Crippen molar-refractivity contribution in [2.45, 2.75) is 33.0 Å². The summed E-state index contributed by atoms with van der Waals surface area (Å²) >= 11 is 3.51. The molecule has 0 amide bonds. The summed E-state index contributed by atoms with van der Waals surface area (Å²) in [6, 6.07) is 6.30. The predicted octanol–water partition coefficient (Wildman–Crippen LogP) is 3.52. The molecule has 0 aliphatic rings. The fraction of sp³-hybridized carbons (Fsp3) is 0.400. The van der Waals surface area contributed by atoms with Gasteiger partial charge in [-0.1, -0.05) is 15.9 Å². The lowest BCUT2D eigenvalue weighted by Crippen LogP contribution is -2.14. The molecule has 2 rings (SSSR count). The van der Waals surface area contributed by atoms with Crippen LogP contribution in [0.25, 0.3) is 0 Å². The highest BCUT2D eigenvalue weighted by Gasteiger charge is 2.12. The molecule has 0 bridgehead atoms. The Kier molecular flexibility index (Phi) is 5.20. The highest BCUT2D eigenvalue weighted by atomic mass is 79.9. The first-order valence-electron chi connectivity index (χ1n) is 6.75. The summed E-state index contributed by atoms with van der Waals surface area (Å²) in [7, 11) is 1.94. The molecule has 1 heterocycles. The van der Waals surface area contributed by atoms with E-state index in [-0.39, 0.29) is 6.04 Å². The van der Waals surface area contributed by atoms with Gasteiger partial charge in [0.15, 0.2) is 0 Å². The Bertz CT molecular complexity index is 568. The average Bonchev–Trinajstić information content (AvgIpc) is 2.92. The molecule has 0 fully saturated rings. The highest BCUT2D eigenvalue weighted by molar-refractivity contribution is 9.10. The third kappa shape index (κ3) is 3.41. The van der Waals surface area contributed by atoms with Crippen molar-refractivity contribution in [2.24, 2.45) is 0 Å². The molecule has 5 heteroatoms. The number of nitrogens with zero attached hydrogens (tertiary/aromatic N) is 2. The monoisotopic (exact) mass is 337 g/mol. The van der Waals surface area contributed by atoms with Gasteiger partial charge >= 0.3 is 0 Å². The molecular formula is C15H20BrN3O. The van der Waals surface area contributed by atoms with Crippen molar-refractivity contribution >= 4 is 15.9 Å². The van der Waals surface area contributed by atoms with Crippen LogP contribution in [0.1, 0.15) is 31.3 Å². The number of imidazole rings is 1. The van der Waals surface area contributed by atoms with Crippen molar-refractivity contribution in [1.29, 1.82) is 0 Å². The molecule has 0 aliphatic heterocycles. The first-order chi connectivity index (χ1) is 9.65. The standard InChI is InChI=1S/C15H20BrN3O/c1-4-19-8-7-18-15(19)10-20-14-6-5-12(16)9-13(14)11(2)17-3/h5-9,11,17H,4,10H2,1-3H3. The lowest BCUT2D eigenvalue weighted by atomic mass is 10.1. The molecule has 2 aromatic rings. The molecule has 1 N–H and O–H groups in total. The van der Waals surface area contributed by atoms with E-state index in [1.807, 2.05) is 25.4 Å². The van der Waals surface area contributed by atoms with Crippen LogP contribution in [0.15, 0.2) is 35.1 Å². The molecule has 4 nitrogen and oxygen atoms in total. The number of ether oxygens (including phenoxy) is 1. The zero-order valence-electron chi connectivity index (χ0n) is 12.1. The molecule has 0 spiro atoms. The molecule has 108 valence electrons. The third-order valence-corrected chi connectivity index (χ3v) is 3.86. The first kappa shape index (κ1) is 15.1. The van der Waals surface area contributed by atoms with Gasteiger partial charge in [0.2, 0.25) is 0 Å². The number of aromatic nitrogens is 2. The molecule has 0 aliphatic carbocycles. The lowest BCUT2D eigenvalue weighted by Gasteiger charge is -2.17. The molecule has 1 unspecified atom stereocenters. The minimum absolute atomic E-state index is 0.230. The van der Waals surface area contributed by atoms with Gasteiger partial charge in [0.05, 0.1) is 0 Å². The summed E-state index contributed by atoms with van der Waals surface area (Å²) < 4.78 is 9.09. The quantitative estimate of drug-likeness (QED) is 0.876. The number of hydrogen-bond acceptors (Lipinski definition) is 3. The molecule has 1 aromatic heterocycles. The number of benzene rings is 1. The molecule has 1 aromatic carbocycles. The predicted molar refractivity (Wildman–Crippen MR) is 83.8 cm³/mol. The number of rotatable bonds is 6. The summed E-state index contributed by atoms with van der Waals surface area (Å²) in [5, 5.41) is 3.24. The van der Waals surface area contributed by atoms with Gasteiger partial charge < -0.3 is 14.6 Å². The second-order valence-corrected chi connectivity index (χ2v) is 5.53. The maximum absolute atomic E-state index is 5.96. The van der Waals surface area contributed by atoms with E-state index in [0.717, 1.165) is 28.2 Å². The topological polar surface area (TPSA) is 39.1 Å². The second-order valence-electron chi connectivity index (χ2n) is 4.61. The maximum Gasteiger partial charge on any atom is 0.146 e. The van der Waals surface area contributed by atoms with Crippen LogP contribution in [0.2, 0.25) is 0 Å².